The Bertz CT molecular complexity index is 1600. The Morgan fingerprint density at radius 3 is 2.27 bits per heavy atom. The van der Waals surface area contributed by atoms with E-state index in [0.29, 0.717) is 35.4 Å². The molecule has 0 radical (unpaired) electrons. The molecule has 204 valence electrons. The second-order valence-corrected chi connectivity index (χ2v) is 12.4. The smallest absolute Gasteiger partial charge is 0.162 e. The van der Waals surface area contributed by atoms with Crippen LogP contribution in [0.2, 0.25) is 0 Å². The van der Waals surface area contributed by atoms with Crippen molar-refractivity contribution in [3.8, 4) is 6.07 Å². The summed E-state index contributed by atoms with van der Waals surface area (Å²) in [4.78, 5) is 16.6. The molecular formula is C33H31F2N3OS. The molecule has 3 aromatic rings. The van der Waals surface area contributed by atoms with Crippen molar-refractivity contribution >= 4 is 23.2 Å². The number of carbonyl (C=O) groups is 1. The van der Waals surface area contributed by atoms with Crippen LogP contribution in [0.5, 0.6) is 0 Å². The summed E-state index contributed by atoms with van der Waals surface area (Å²) in [6, 6.07) is 18.8. The summed E-state index contributed by atoms with van der Waals surface area (Å²) >= 11 is 1.60. The van der Waals surface area contributed by atoms with Gasteiger partial charge in [0.05, 0.1) is 17.6 Å². The van der Waals surface area contributed by atoms with Crippen molar-refractivity contribution in [1.29, 1.82) is 5.26 Å². The highest BCUT2D eigenvalue weighted by Crippen LogP contribution is 2.51. The molecule has 2 aliphatic rings. The molecule has 0 saturated carbocycles. The lowest BCUT2D eigenvalue weighted by atomic mass is 9.68. The highest BCUT2D eigenvalue weighted by atomic mass is 32.2. The van der Waals surface area contributed by atoms with Gasteiger partial charge in [-0.2, -0.15) is 5.26 Å². The van der Waals surface area contributed by atoms with Gasteiger partial charge in [0, 0.05) is 34.0 Å². The predicted octanol–water partition coefficient (Wildman–Crippen LogP) is 7.81. The van der Waals surface area contributed by atoms with Crippen molar-refractivity contribution in [2.75, 3.05) is 4.90 Å². The second-order valence-electron chi connectivity index (χ2n) is 11.3. The summed E-state index contributed by atoms with van der Waals surface area (Å²) in [6.45, 7) is 8.12. The molecule has 0 fully saturated rings. The first-order valence-electron chi connectivity index (χ1n) is 13.2. The highest BCUT2D eigenvalue weighted by Gasteiger charge is 2.45. The maximum absolute atomic E-state index is 13.9. The zero-order valence-electron chi connectivity index (χ0n) is 23.0. The van der Waals surface area contributed by atoms with E-state index in [0.717, 1.165) is 32.8 Å². The van der Waals surface area contributed by atoms with Crippen LogP contribution >= 0.6 is 11.8 Å². The van der Waals surface area contributed by atoms with Gasteiger partial charge >= 0.3 is 0 Å². The van der Waals surface area contributed by atoms with Crippen LogP contribution in [0.3, 0.4) is 0 Å². The Balaban J connectivity index is 1.66. The fourth-order valence-electron chi connectivity index (χ4n) is 5.81. The van der Waals surface area contributed by atoms with E-state index in [1.807, 2.05) is 19.9 Å². The van der Waals surface area contributed by atoms with Gasteiger partial charge in [0.2, 0.25) is 0 Å². The summed E-state index contributed by atoms with van der Waals surface area (Å²) in [7, 11) is 0. The minimum Gasteiger partial charge on any atom is -0.384 e. The lowest BCUT2D eigenvalue weighted by Gasteiger charge is -2.44. The molecule has 1 heterocycles. The molecule has 7 heteroatoms. The minimum absolute atomic E-state index is 0.00763. The molecule has 40 heavy (non-hydrogen) atoms. The van der Waals surface area contributed by atoms with E-state index in [2.05, 4.69) is 26.0 Å². The summed E-state index contributed by atoms with van der Waals surface area (Å²) in [5.74, 6) is -0.359. The van der Waals surface area contributed by atoms with Gasteiger partial charge in [0.1, 0.15) is 17.5 Å². The lowest BCUT2D eigenvalue weighted by Crippen LogP contribution is -2.42. The third kappa shape index (κ3) is 5.16. The average molecular weight is 556 g/mol. The molecule has 0 spiro atoms. The summed E-state index contributed by atoms with van der Waals surface area (Å²) < 4.78 is 27.2. The fraction of sp³-hybridized carbons (Fsp3) is 0.273. The number of Topliss-reactive ketones (excluding diaryl/α,β-unsaturated/α-hetero) is 1. The number of aryl methyl sites for hydroxylation is 1. The van der Waals surface area contributed by atoms with Gasteiger partial charge in [0.25, 0.3) is 0 Å². The van der Waals surface area contributed by atoms with Gasteiger partial charge in [-0.3, -0.25) is 9.69 Å². The SMILES string of the molecule is Cc1cc(CSc2ccc(F)cc2)c(C)c(C2C(C#N)=C(N)N(c3ccc(F)cc3)C3=C2C(=O)CC(C)(C)C3)c1. The van der Waals surface area contributed by atoms with E-state index in [4.69, 9.17) is 5.73 Å². The van der Waals surface area contributed by atoms with Crippen LogP contribution < -0.4 is 10.6 Å². The van der Waals surface area contributed by atoms with Crippen molar-refractivity contribution in [2.45, 2.75) is 57.1 Å². The Hall–Kier alpha value is -3.89. The van der Waals surface area contributed by atoms with E-state index in [9.17, 15) is 18.8 Å². The molecule has 2 N–H and O–H groups in total. The standard InChI is InChI=1S/C33H31F2N3OS/c1-19-13-21(18-40-25-11-7-23(35)8-12-25)20(2)26(14-19)30-27(17-36)32(37)38(24-9-5-22(34)6-10-24)28-15-33(3,4)16-29(39)31(28)30/h5-14,30H,15-16,18,37H2,1-4H3. The average Bonchev–Trinajstić information content (AvgIpc) is 2.89. The first-order chi connectivity index (χ1) is 19.0. The normalized spacial score (nSPS) is 18.6. The molecule has 1 atom stereocenters. The van der Waals surface area contributed by atoms with E-state index in [1.165, 1.54) is 24.3 Å². The number of halogens is 2. The molecule has 0 saturated heterocycles. The summed E-state index contributed by atoms with van der Waals surface area (Å²) in [5, 5.41) is 10.4. The number of ketones is 1. The van der Waals surface area contributed by atoms with Crippen LogP contribution in [0.4, 0.5) is 14.5 Å². The fourth-order valence-corrected chi connectivity index (χ4v) is 6.76. The summed E-state index contributed by atoms with van der Waals surface area (Å²) in [5.41, 5.74) is 12.7. The number of nitrogens with zero attached hydrogens (tertiary/aromatic N) is 2. The van der Waals surface area contributed by atoms with Crippen LogP contribution in [0.1, 0.15) is 54.9 Å². The van der Waals surface area contributed by atoms with Gasteiger partial charge in [-0.15, -0.1) is 11.8 Å². The maximum atomic E-state index is 13.9. The number of allylic oxidation sites excluding steroid dienone is 3. The third-order valence-electron chi connectivity index (χ3n) is 7.68. The van der Waals surface area contributed by atoms with E-state index >= 15 is 0 Å². The predicted molar refractivity (Wildman–Crippen MR) is 155 cm³/mol. The number of benzene rings is 3. The van der Waals surface area contributed by atoms with Gasteiger partial charge in [-0.05, 0) is 90.9 Å². The number of thioether (sulfide) groups is 1. The zero-order valence-corrected chi connectivity index (χ0v) is 23.8. The number of rotatable bonds is 5. The van der Waals surface area contributed by atoms with Crippen LogP contribution in [-0.2, 0) is 10.5 Å². The van der Waals surface area contributed by atoms with E-state index in [-0.39, 0.29) is 28.7 Å². The lowest BCUT2D eigenvalue weighted by molar-refractivity contribution is -0.118. The number of nitrogens with two attached hydrogens (primary N) is 1. The van der Waals surface area contributed by atoms with Gasteiger partial charge in [-0.25, -0.2) is 8.78 Å². The van der Waals surface area contributed by atoms with E-state index in [1.54, 1.807) is 40.9 Å². The number of hydrogen-bond acceptors (Lipinski definition) is 5. The van der Waals surface area contributed by atoms with Crippen LogP contribution in [0.25, 0.3) is 0 Å². The largest absolute Gasteiger partial charge is 0.384 e. The Morgan fingerprint density at radius 2 is 1.65 bits per heavy atom. The Morgan fingerprint density at radius 1 is 1.02 bits per heavy atom. The molecule has 1 aliphatic carbocycles. The second kappa shape index (κ2) is 10.6. The summed E-state index contributed by atoms with van der Waals surface area (Å²) in [6.07, 6.45) is 0.940. The monoisotopic (exact) mass is 555 g/mol. The van der Waals surface area contributed by atoms with Crippen molar-refractivity contribution in [3.05, 3.63) is 117 Å². The molecule has 3 aromatic carbocycles. The van der Waals surface area contributed by atoms with Crippen LogP contribution in [-0.4, -0.2) is 5.78 Å². The van der Waals surface area contributed by atoms with Crippen molar-refractivity contribution < 1.29 is 13.6 Å². The highest BCUT2D eigenvalue weighted by molar-refractivity contribution is 7.98. The third-order valence-corrected chi connectivity index (χ3v) is 8.75. The molecule has 0 bridgehead atoms. The van der Waals surface area contributed by atoms with E-state index < -0.39 is 5.92 Å². The maximum Gasteiger partial charge on any atom is 0.162 e. The zero-order chi connectivity index (χ0) is 28.8. The van der Waals surface area contributed by atoms with Gasteiger partial charge in [0.15, 0.2) is 5.78 Å². The first kappa shape index (κ1) is 27.7. The van der Waals surface area contributed by atoms with Crippen molar-refractivity contribution in [2.24, 2.45) is 11.1 Å². The molecule has 5 rings (SSSR count). The van der Waals surface area contributed by atoms with Gasteiger partial charge < -0.3 is 5.73 Å². The molecule has 1 aliphatic heterocycles. The van der Waals surface area contributed by atoms with Crippen molar-refractivity contribution in [3.63, 3.8) is 0 Å². The number of hydrogen-bond donors (Lipinski definition) is 1. The Kier molecular flexibility index (Phi) is 7.32. The van der Waals surface area contributed by atoms with Crippen molar-refractivity contribution in [1.82, 2.24) is 0 Å². The topological polar surface area (TPSA) is 70.1 Å². The number of carbonyl (C=O) groups excluding carboxylic acids is 1. The van der Waals surface area contributed by atoms with Crippen LogP contribution in [0, 0.1) is 42.2 Å². The molecular weight excluding hydrogens is 524 g/mol. The molecule has 4 nitrogen and oxygen atoms in total. The number of nitriles is 1. The molecule has 1 unspecified atom stereocenters. The minimum atomic E-state index is -0.602. The molecule has 0 amide bonds. The molecule has 0 aromatic heterocycles. The Labute approximate surface area is 238 Å². The van der Waals surface area contributed by atoms with Crippen LogP contribution in [0.15, 0.2) is 88.2 Å². The first-order valence-corrected chi connectivity index (χ1v) is 14.2. The number of anilines is 1. The van der Waals surface area contributed by atoms with Gasteiger partial charge in [-0.1, -0.05) is 31.5 Å². The quantitative estimate of drug-likeness (QED) is 0.325.